The van der Waals surface area contributed by atoms with E-state index >= 15 is 0 Å². The molecular weight excluding hydrogens is 216 g/mol. The first-order chi connectivity index (χ1) is 8.08. The summed E-state index contributed by atoms with van der Waals surface area (Å²) in [5, 5.41) is 2.82. The highest BCUT2D eigenvalue weighted by Crippen LogP contribution is 2.07. The smallest absolute Gasteiger partial charge is 0.244 e. The molecule has 0 aliphatic heterocycles. The monoisotopic (exact) mass is 236 g/mol. The Bertz CT molecular complexity index is 381. The number of carbonyl (C=O) groups excluding carboxylic acids is 1. The highest BCUT2D eigenvalue weighted by atomic mass is 16.3. The maximum atomic E-state index is 11.4. The largest absolute Gasteiger partial charge is 0.462 e. The van der Waals surface area contributed by atoms with Crippen molar-refractivity contribution < 1.29 is 9.21 Å². The van der Waals surface area contributed by atoms with E-state index in [1.54, 1.807) is 6.08 Å². The van der Waals surface area contributed by atoms with Gasteiger partial charge in [0.1, 0.15) is 11.5 Å². The lowest BCUT2D eigenvalue weighted by Gasteiger charge is -2.08. The van der Waals surface area contributed by atoms with Gasteiger partial charge in [0.15, 0.2) is 0 Å². The minimum absolute atomic E-state index is 0.0854. The molecule has 0 saturated carbocycles. The third kappa shape index (κ3) is 5.92. The second kappa shape index (κ2) is 6.91. The molecule has 4 nitrogen and oxygen atoms in total. The number of amides is 1. The van der Waals surface area contributed by atoms with Gasteiger partial charge in [-0.3, -0.25) is 4.79 Å². The number of nitrogens with one attached hydrogen (secondary N) is 1. The van der Waals surface area contributed by atoms with Gasteiger partial charge < -0.3 is 14.6 Å². The molecule has 94 valence electrons. The molecule has 0 aromatic carbocycles. The van der Waals surface area contributed by atoms with Crippen LogP contribution < -0.4 is 5.32 Å². The van der Waals surface area contributed by atoms with Crippen molar-refractivity contribution in [2.45, 2.75) is 13.3 Å². The first-order valence-electron chi connectivity index (χ1n) is 5.75. The van der Waals surface area contributed by atoms with E-state index in [9.17, 15) is 4.79 Å². The highest BCUT2D eigenvalue weighted by molar-refractivity contribution is 5.91. The third-order valence-corrected chi connectivity index (χ3v) is 2.24. The summed E-state index contributed by atoms with van der Waals surface area (Å²) >= 11 is 0. The summed E-state index contributed by atoms with van der Waals surface area (Å²) in [6.45, 7) is 3.54. The van der Waals surface area contributed by atoms with Crippen LogP contribution in [0.5, 0.6) is 0 Å². The number of hydrogen-bond donors (Lipinski definition) is 1. The lowest BCUT2D eigenvalue weighted by Crippen LogP contribution is -2.25. The van der Waals surface area contributed by atoms with Crippen molar-refractivity contribution in [2.75, 3.05) is 27.2 Å². The Kier molecular flexibility index (Phi) is 5.49. The van der Waals surface area contributed by atoms with Crippen LogP contribution in [-0.4, -0.2) is 38.0 Å². The molecule has 0 aliphatic carbocycles. The molecule has 0 saturated heterocycles. The maximum Gasteiger partial charge on any atom is 0.244 e. The van der Waals surface area contributed by atoms with Crippen LogP contribution in [0.2, 0.25) is 0 Å². The minimum Gasteiger partial charge on any atom is -0.462 e. The van der Waals surface area contributed by atoms with E-state index in [4.69, 9.17) is 4.42 Å². The lowest BCUT2D eigenvalue weighted by molar-refractivity contribution is -0.116. The maximum absolute atomic E-state index is 11.4. The molecule has 1 heterocycles. The summed E-state index contributed by atoms with van der Waals surface area (Å²) in [7, 11) is 4.03. The topological polar surface area (TPSA) is 45.5 Å². The number of nitrogens with zero attached hydrogens (tertiary/aromatic N) is 1. The Balaban J connectivity index is 2.23. The van der Waals surface area contributed by atoms with Crippen molar-refractivity contribution in [1.82, 2.24) is 10.2 Å². The average Bonchev–Trinajstić information content (AvgIpc) is 2.67. The summed E-state index contributed by atoms with van der Waals surface area (Å²) in [6.07, 6.45) is 4.12. The fraction of sp³-hybridized carbons (Fsp3) is 0.462. The molecule has 1 rings (SSSR count). The molecule has 0 spiro atoms. The van der Waals surface area contributed by atoms with E-state index in [2.05, 4.69) is 10.2 Å². The first kappa shape index (κ1) is 13.5. The van der Waals surface area contributed by atoms with Crippen LogP contribution in [0.3, 0.4) is 0 Å². The normalized spacial score (nSPS) is 11.3. The van der Waals surface area contributed by atoms with Crippen LogP contribution in [0.25, 0.3) is 6.08 Å². The molecule has 1 aromatic heterocycles. The summed E-state index contributed by atoms with van der Waals surface area (Å²) in [4.78, 5) is 13.5. The van der Waals surface area contributed by atoms with Crippen LogP contribution >= 0.6 is 0 Å². The van der Waals surface area contributed by atoms with Gasteiger partial charge >= 0.3 is 0 Å². The lowest BCUT2D eigenvalue weighted by atomic mass is 10.3. The Morgan fingerprint density at radius 3 is 2.82 bits per heavy atom. The Morgan fingerprint density at radius 2 is 2.24 bits per heavy atom. The van der Waals surface area contributed by atoms with E-state index < -0.39 is 0 Å². The quantitative estimate of drug-likeness (QED) is 0.603. The van der Waals surface area contributed by atoms with Gasteiger partial charge in [-0.05, 0) is 52.2 Å². The summed E-state index contributed by atoms with van der Waals surface area (Å²) in [6, 6.07) is 3.71. The molecule has 17 heavy (non-hydrogen) atoms. The summed E-state index contributed by atoms with van der Waals surface area (Å²) in [5.74, 6) is 1.46. The van der Waals surface area contributed by atoms with Crippen molar-refractivity contribution in [1.29, 1.82) is 0 Å². The van der Waals surface area contributed by atoms with E-state index in [1.807, 2.05) is 33.2 Å². The van der Waals surface area contributed by atoms with Crippen LogP contribution in [0, 0.1) is 6.92 Å². The van der Waals surface area contributed by atoms with E-state index in [-0.39, 0.29) is 5.91 Å². The average molecular weight is 236 g/mol. The number of aryl methyl sites for hydroxylation is 1. The molecule has 1 amide bonds. The number of carbonyl (C=O) groups is 1. The second-order valence-electron chi connectivity index (χ2n) is 4.23. The van der Waals surface area contributed by atoms with Crippen molar-refractivity contribution in [3.8, 4) is 0 Å². The van der Waals surface area contributed by atoms with Gasteiger partial charge in [-0.25, -0.2) is 0 Å². The molecule has 0 unspecified atom stereocenters. The Morgan fingerprint density at radius 1 is 1.47 bits per heavy atom. The van der Waals surface area contributed by atoms with Crippen LogP contribution in [0.1, 0.15) is 17.9 Å². The molecule has 0 atom stereocenters. The fourth-order valence-electron chi connectivity index (χ4n) is 1.37. The SMILES string of the molecule is Cc1ccc(C=CC(=O)NCCCN(C)C)o1. The minimum atomic E-state index is -0.0854. The van der Waals surface area contributed by atoms with Gasteiger partial charge in [0, 0.05) is 12.6 Å². The molecule has 0 bridgehead atoms. The van der Waals surface area contributed by atoms with E-state index in [1.165, 1.54) is 6.08 Å². The van der Waals surface area contributed by atoms with Crippen molar-refractivity contribution >= 4 is 12.0 Å². The first-order valence-corrected chi connectivity index (χ1v) is 5.75. The van der Waals surface area contributed by atoms with E-state index in [0.717, 1.165) is 18.7 Å². The molecule has 1 N–H and O–H groups in total. The molecule has 1 aromatic rings. The standard InChI is InChI=1S/C13H20N2O2/c1-11-5-6-12(17-11)7-8-13(16)14-9-4-10-15(2)3/h5-8H,4,9-10H2,1-3H3,(H,14,16). The Hall–Kier alpha value is -1.55. The molecule has 0 radical (unpaired) electrons. The molecular formula is C13H20N2O2. The Labute approximate surface area is 102 Å². The number of rotatable bonds is 6. The number of hydrogen-bond acceptors (Lipinski definition) is 3. The zero-order valence-corrected chi connectivity index (χ0v) is 10.7. The van der Waals surface area contributed by atoms with Gasteiger partial charge in [-0.2, -0.15) is 0 Å². The van der Waals surface area contributed by atoms with E-state index in [0.29, 0.717) is 12.3 Å². The van der Waals surface area contributed by atoms with Crippen molar-refractivity contribution in [3.05, 3.63) is 29.7 Å². The highest BCUT2D eigenvalue weighted by Gasteiger charge is 1.97. The zero-order chi connectivity index (χ0) is 12.7. The van der Waals surface area contributed by atoms with Gasteiger partial charge in [0.25, 0.3) is 0 Å². The predicted octanol–water partition coefficient (Wildman–Crippen LogP) is 1.67. The van der Waals surface area contributed by atoms with Crippen molar-refractivity contribution in [2.24, 2.45) is 0 Å². The van der Waals surface area contributed by atoms with Crippen LogP contribution in [-0.2, 0) is 4.79 Å². The van der Waals surface area contributed by atoms with Crippen LogP contribution in [0.4, 0.5) is 0 Å². The van der Waals surface area contributed by atoms with Crippen molar-refractivity contribution in [3.63, 3.8) is 0 Å². The summed E-state index contributed by atoms with van der Waals surface area (Å²) in [5.41, 5.74) is 0. The van der Waals surface area contributed by atoms with Gasteiger partial charge in [0.05, 0.1) is 0 Å². The zero-order valence-electron chi connectivity index (χ0n) is 10.7. The number of furan rings is 1. The second-order valence-corrected chi connectivity index (χ2v) is 4.23. The molecule has 0 aliphatic rings. The van der Waals surface area contributed by atoms with Gasteiger partial charge in [-0.15, -0.1) is 0 Å². The summed E-state index contributed by atoms with van der Waals surface area (Å²) < 4.78 is 5.32. The predicted molar refractivity (Wildman–Crippen MR) is 68.7 cm³/mol. The third-order valence-electron chi connectivity index (χ3n) is 2.24. The van der Waals surface area contributed by atoms with Crippen LogP contribution in [0.15, 0.2) is 22.6 Å². The van der Waals surface area contributed by atoms with Gasteiger partial charge in [-0.1, -0.05) is 0 Å². The molecule has 4 heteroatoms. The van der Waals surface area contributed by atoms with Gasteiger partial charge in [0.2, 0.25) is 5.91 Å². The molecule has 0 fully saturated rings. The fourth-order valence-corrected chi connectivity index (χ4v) is 1.37.